The van der Waals surface area contributed by atoms with Crippen molar-refractivity contribution in [1.82, 2.24) is 34.1 Å². The van der Waals surface area contributed by atoms with Crippen molar-refractivity contribution in [3.05, 3.63) is 40.3 Å². The molecule has 2 unspecified atom stereocenters. The zero-order valence-electron chi connectivity index (χ0n) is 21.9. The first-order valence-corrected chi connectivity index (χ1v) is 17.1. The standard InChI is InChI=1S/C21H25N9O9P2S2/c22-16(32)10-3-12-17(24-5-10)29(1-2-35-9-31)14(26-12)7-37-41(34,43)39-13-4-11(6-36-40-42)38-20(13)30-8-25-15-18(30)27-21(23)28-19(15)33/h3,5,8-9,11,13,20,40,42H,1-2,4,6-7H2,(H2,22,32)(H,34,43)(H3,23,27,28,33)/t11-,13+,20+,41?/m0/s1. The number of carbonyl (C=O) groups is 2. The molecule has 230 valence electrons. The summed E-state index contributed by atoms with van der Waals surface area (Å²) in [5.74, 6) is -0.559. The Hall–Kier alpha value is -3.06. The van der Waals surface area contributed by atoms with Gasteiger partial charge >= 0.3 is 6.72 Å². The molecule has 1 saturated heterocycles. The first kappa shape index (κ1) is 31.4. The summed E-state index contributed by atoms with van der Waals surface area (Å²) in [4.78, 5) is 65.0. The topological polar surface area (TPSA) is 247 Å². The highest BCUT2D eigenvalue weighted by Crippen LogP contribution is 2.50. The summed E-state index contributed by atoms with van der Waals surface area (Å²) >= 11 is 9.41. The number of aromatic nitrogens is 7. The van der Waals surface area contributed by atoms with Gasteiger partial charge in [-0.15, -0.1) is 12.2 Å². The lowest BCUT2D eigenvalue weighted by atomic mass is 10.2. The molecular formula is C21H25N9O9P2S2. The quantitative estimate of drug-likeness (QED) is 0.0522. The van der Waals surface area contributed by atoms with Gasteiger partial charge in [0, 0.05) is 12.6 Å². The number of anilines is 1. The molecule has 4 aromatic rings. The molecule has 1 amide bonds. The molecule has 1 aliphatic heterocycles. The van der Waals surface area contributed by atoms with E-state index in [4.69, 9.17) is 46.3 Å². The molecule has 1 aliphatic rings. The summed E-state index contributed by atoms with van der Waals surface area (Å²) in [6, 6.07) is 1.45. The number of carbonyl (C=O) groups excluding carboxylic acids is 2. The van der Waals surface area contributed by atoms with Gasteiger partial charge in [-0.05, 0) is 17.9 Å². The van der Waals surface area contributed by atoms with E-state index in [2.05, 4.69) is 37.2 Å². The summed E-state index contributed by atoms with van der Waals surface area (Å²) in [5, 5.41) is 0. The van der Waals surface area contributed by atoms with Crippen LogP contribution in [0, 0.1) is 0 Å². The average molecular weight is 674 g/mol. The number of hydrogen-bond acceptors (Lipinski definition) is 15. The molecule has 43 heavy (non-hydrogen) atoms. The number of amides is 1. The van der Waals surface area contributed by atoms with Crippen molar-refractivity contribution < 1.29 is 37.5 Å². The van der Waals surface area contributed by atoms with Gasteiger partial charge in [0.25, 0.3) is 12.0 Å². The Morgan fingerprint density at radius 3 is 2.93 bits per heavy atom. The van der Waals surface area contributed by atoms with E-state index in [0.717, 1.165) is 0 Å². The number of aromatic amines is 1. The average Bonchev–Trinajstić information content (AvgIpc) is 3.65. The molecule has 0 spiro atoms. The Morgan fingerprint density at radius 2 is 2.19 bits per heavy atom. The molecule has 5 rings (SSSR count). The van der Waals surface area contributed by atoms with Gasteiger partial charge in [0.1, 0.15) is 30.7 Å². The third-order valence-electron chi connectivity index (χ3n) is 6.28. The van der Waals surface area contributed by atoms with E-state index >= 15 is 0 Å². The Balaban J connectivity index is 1.38. The summed E-state index contributed by atoms with van der Waals surface area (Å²) < 4.78 is 31.0. The van der Waals surface area contributed by atoms with Crippen LogP contribution in [0.1, 0.15) is 28.8 Å². The number of imidazole rings is 2. The molecule has 18 nitrogen and oxygen atoms in total. The zero-order chi connectivity index (χ0) is 30.7. The molecular weight excluding hydrogens is 648 g/mol. The van der Waals surface area contributed by atoms with Crippen LogP contribution in [0.5, 0.6) is 0 Å². The van der Waals surface area contributed by atoms with Crippen LogP contribution < -0.4 is 17.0 Å². The van der Waals surface area contributed by atoms with Crippen molar-refractivity contribution in [2.24, 2.45) is 5.73 Å². The molecule has 0 bridgehead atoms. The van der Waals surface area contributed by atoms with Crippen LogP contribution in [0.25, 0.3) is 22.3 Å². The minimum Gasteiger partial charge on any atom is -0.466 e. The number of primary amides is 1. The molecule has 0 saturated carbocycles. The fourth-order valence-electron chi connectivity index (χ4n) is 4.49. The highest BCUT2D eigenvalue weighted by atomic mass is 32.7. The van der Waals surface area contributed by atoms with Crippen LogP contribution in [0.2, 0.25) is 0 Å². The third-order valence-corrected chi connectivity index (χ3v) is 8.53. The van der Waals surface area contributed by atoms with Gasteiger partial charge in [-0.25, -0.2) is 15.0 Å². The van der Waals surface area contributed by atoms with Crippen molar-refractivity contribution in [3.63, 3.8) is 0 Å². The first-order valence-electron chi connectivity index (χ1n) is 12.3. The Labute approximate surface area is 253 Å². The number of nitrogens with one attached hydrogen (secondary N) is 1. The van der Waals surface area contributed by atoms with Crippen LogP contribution in [-0.4, -0.2) is 76.7 Å². The molecule has 5 heterocycles. The lowest BCUT2D eigenvalue weighted by Gasteiger charge is -2.24. The van der Waals surface area contributed by atoms with E-state index in [9.17, 15) is 19.3 Å². The number of H-pyrrole nitrogens is 1. The number of ether oxygens (including phenoxy) is 2. The summed E-state index contributed by atoms with van der Waals surface area (Å²) in [7, 11) is -0.0886. The van der Waals surface area contributed by atoms with E-state index in [1.54, 1.807) is 4.57 Å². The van der Waals surface area contributed by atoms with E-state index < -0.39 is 36.6 Å². The fourth-order valence-corrected chi connectivity index (χ4v) is 6.34. The highest BCUT2D eigenvalue weighted by molar-refractivity contribution is 8.36. The van der Waals surface area contributed by atoms with Gasteiger partial charge in [0.15, 0.2) is 23.0 Å². The normalized spacial score (nSPS) is 20.3. The van der Waals surface area contributed by atoms with E-state index in [0.29, 0.717) is 17.6 Å². The number of thiol groups is 1. The van der Waals surface area contributed by atoms with E-state index in [1.165, 1.54) is 23.2 Å². The second-order valence-corrected chi connectivity index (χ2v) is 12.8. The number of fused-ring (bicyclic) bond motifs is 2. The Kier molecular flexibility index (Phi) is 9.70. The molecule has 1 fully saturated rings. The van der Waals surface area contributed by atoms with Crippen molar-refractivity contribution in [2.75, 3.05) is 18.9 Å². The van der Waals surface area contributed by atoms with Gasteiger partial charge in [-0.3, -0.25) is 23.9 Å². The second-order valence-electron chi connectivity index (χ2n) is 9.03. The van der Waals surface area contributed by atoms with Crippen LogP contribution >= 0.6 is 27.0 Å². The lowest BCUT2D eigenvalue weighted by Crippen LogP contribution is -2.23. The number of nitrogen functional groups attached to an aromatic ring is 1. The van der Waals surface area contributed by atoms with Gasteiger partial charge in [-0.1, -0.05) is 0 Å². The number of pyridine rings is 1. The summed E-state index contributed by atoms with van der Waals surface area (Å²) in [6.07, 6.45) is 0.551. The predicted molar refractivity (Wildman–Crippen MR) is 159 cm³/mol. The van der Waals surface area contributed by atoms with Crippen LogP contribution in [-0.2, 0) is 52.8 Å². The molecule has 22 heteroatoms. The summed E-state index contributed by atoms with van der Waals surface area (Å²) in [6.45, 7) is -3.71. The molecule has 5 atom stereocenters. The molecule has 0 aliphatic carbocycles. The first-order chi connectivity index (χ1) is 20.6. The van der Waals surface area contributed by atoms with Gasteiger partial charge in [0.2, 0.25) is 11.9 Å². The van der Waals surface area contributed by atoms with Crippen LogP contribution in [0.3, 0.4) is 0 Å². The number of nitrogens with two attached hydrogens (primary N) is 2. The molecule has 4 aromatic heterocycles. The van der Waals surface area contributed by atoms with E-state index in [1.807, 2.05) is 0 Å². The lowest BCUT2D eigenvalue weighted by molar-refractivity contribution is -0.128. The van der Waals surface area contributed by atoms with Crippen molar-refractivity contribution in [3.8, 4) is 0 Å². The third kappa shape index (κ3) is 7.03. The van der Waals surface area contributed by atoms with Crippen molar-refractivity contribution >= 4 is 79.4 Å². The molecule has 0 aromatic carbocycles. The van der Waals surface area contributed by atoms with Gasteiger partial charge < -0.3 is 44.0 Å². The maximum absolute atomic E-state index is 12.3. The maximum atomic E-state index is 12.3. The SMILES string of the molecule is NC(=O)c1cnc2c(c1)nc(COP(O)(=S)O[C@@H]1C[C@@H](COPS)O[C@H]1n1cnc3c(=O)[nH]c(N)nc31)n2CCOC=O. The minimum atomic E-state index is -3.98. The number of rotatable bonds is 14. The van der Waals surface area contributed by atoms with Crippen molar-refractivity contribution in [1.29, 1.82) is 0 Å². The Morgan fingerprint density at radius 1 is 1.37 bits per heavy atom. The highest BCUT2D eigenvalue weighted by Gasteiger charge is 2.41. The van der Waals surface area contributed by atoms with Crippen LogP contribution in [0.15, 0.2) is 23.4 Å². The summed E-state index contributed by atoms with van der Waals surface area (Å²) in [5.41, 5.74) is 11.5. The Bertz CT molecular complexity index is 1770. The van der Waals surface area contributed by atoms with Gasteiger partial charge in [-0.2, -0.15) is 4.98 Å². The fraction of sp³-hybridized carbons (Fsp3) is 0.381. The maximum Gasteiger partial charge on any atom is 0.325 e. The molecule has 0 radical (unpaired) electrons. The monoisotopic (exact) mass is 673 g/mol. The largest absolute Gasteiger partial charge is 0.466 e. The molecule has 6 N–H and O–H groups in total. The smallest absolute Gasteiger partial charge is 0.325 e. The van der Waals surface area contributed by atoms with E-state index in [-0.39, 0.29) is 69.3 Å². The minimum absolute atomic E-state index is 0.0113. The van der Waals surface area contributed by atoms with Gasteiger partial charge in [0.05, 0.1) is 39.2 Å². The van der Waals surface area contributed by atoms with Crippen molar-refractivity contribution in [2.45, 2.75) is 38.0 Å². The number of nitrogens with zero attached hydrogens (tertiary/aromatic N) is 6. The predicted octanol–water partition coefficient (Wildman–Crippen LogP) is 0.280. The second kappa shape index (κ2) is 13.3. The zero-order valence-corrected chi connectivity index (χ0v) is 25.5. The van der Waals surface area contributed by atoms with Crippen LogP contribution in [0.4, 0.5) is 5.95 Å². The number of hydrogen-bond donors (Lipinski definition) is 5.